The van der Waals surface area contributed by atoms with Crippen molar-refractivity contribution in [3.05, 3.63) is 22.1 Å². The Labute approximate surface area is 101 Å². The van der Waals surface area contributed by atoms with E-state index in [2.05, 4.69) is 9.88 Å². The van der Waals surface area contributed by atoms with E-state index in [1.54, 1.807) is 17.7 Å². The van der Waals surface area contributed by atoms with Gasteiger partial charge in [-0.05, 0) is 19.3 Å². The molecule has 1 fully saturated rings. The summed E-state index contributed by atoms with van der Waals surface area (Å²) in [5, 5.41) is 0. The molecule has 94 valence electrons. The number of aryl methyl sites for hydroxylation is 1. The maximum atomic E-state index is 11.8. The van der Waals surface area contributed by atoms with E-state index < -0.39 is 0 Å². The fourth-order valence-corrected chi connectivity index (χ4v) is 2.23. The molecule has 1 aliphatic rings. The largest absolute Gasteiger partial charge is 0.341 e. The summed E-state index contributed by atoms with van der Waals surface area (Å²) in [6.45, 7) is 3.72. The number of hydrogen-bond donors (Lipinski definition) is 1. The summed E-state index contributed by atoms with van der Waals surface area (Å²) in [5.41, 5.74) is 6.82. The van der Waals surface area contributed by atoms with Crippen LogP contribution in [0.1, 0.15) is 25.5 Å². The van der Waals surface area contributed by atoms with Crippen LogP contribution in [0, 0.1) is 0 Å². The molecule has 0 saturated carbocycles. The summed E-state index contributed by atoms with van der Waals surface area (Å²) < 4.78 is 1.61. The number of anilines is 1. The highest BCUT2D eigenvalue weighted by Gasteiger charge is 2.20. The zero-order valence-electron chi connectivity index (χ0n) is 10.5. The lowest BCUT2D eigenvalue weighted by Gasteiger charge is -2.32. The first-order valence-electron chi connectivity index (χ1n) is 6.19. The van der Waals surface area contributed by atoms with Gasteiger partial charge in [-0.1, -0.05) is 6.92 Å². The molecule has 2 rings (SSSR count). The predicted octanol–water partition coefficient (Wildman–Crippen LogP) is 0.270. The van der Waals surface area contributed by atoms with Gasteiger partial charge in [-0.3, -0.25) is 9.36 Å². The second-order valence-corrected chi connectivity index (χ2v) is 4.65. The molecule has 1 atom stereocenters. The van der Waals surface area contributed by atoms with E-state index in [9.17, 15) is 4.79 Å². The fourth-order valence-electron chi connectivity index (χ4n) is 2.23. The number of piperidine rings is 1. The van der Waals surface area contributed by atoms with E-state index in [1.807, 2.05) is 6.92 Å². The van der Waals surface area contributed by atoms with Crippen molar-refractivity contribution in [3.63, 3.8) is 0 Å². The van der Waals surface area contributed by atoms with Crippen LogP contribution < -0.4 is 16.2 Å². The molecule has 0 bridgehead atoms. The molecule has 1 aliphatic heterocycles. The van der Waals surface area contributed by atoms with E-state index in [1.165, 1.54) is 0 Å². The number of nitrogens with two attached hydrogens (primary N) is 1. The van der Waals surface area contributed by atoms with Crippen molar-refractivity contribution < 1.29 is 0 Å². The molecule has 0 aromatic carbocycles. The molecule has 5 heteroatoms. The van der Waals surface area contributed by atoms with Gasteiger partial charge < -0.3 is 10.6 Å². The van der Waals surface area contributed by atoms with Crippen LogP contribution in [0.25, 0.3) is 0 Å². The van der Waals surface area contributed by atoms with Gasteiger partial charge in [-0.2, -0.15) is 0 Å². The molecule has 0 spiro atoms. The maximum absolute atomic E-state index is 11.8. The Morgan fingerprint density at radius 1 is 1.59 bits per heavy atom. The van der Waals surface area contributed by atoms with Crippen molar-refractivity contribution in [2.45, 2.75) is 32.2 Å². The van der Waals surface area contributed by atoms with Gasteiger partial charge in [-0.15, -0.1) is 0 Å². The van der Waals surface area contributed by atoms with Crippen molar-refractivity contribution in [2.24, 2.45) is 12.8 Å². The lowest BCUT2D eigenvalue weighted by Crippen LogP contribution is -2.45. The molecule has 0 aliphatic carbocycles. The molecule has 2 heterocycles. The first kappa shape index (κ1) is 12.1. The first-order chi connectivity index (χ1) is 8.11. The summed E-state index contributed by atoms with van der Waals surface area (Å²) in [4.78, 5) is 18.5. The van der Waals surface area contributed by atoms with Gasteiger partial charge in [0.05, 0.1) is 0 Å². The van der Waals surface area contributed by atoms with Crippen molar-refractivity contribution in [1.82, 2.24) is 9.55 Å². The smallest absolute Gasteiger partial charge is 0.254 e. The Morgan fingerprint density at radius 2 is 2.35 bits per heavy atom. The molecule has 0 radical (unpaired) electrons. The molecule has 17 heavy (non-hydrogen) atoms. The molecular formula is C12H20N4O. The van der Waals surface area contributed by atoms with Gasteiger partial charge in [0.2, 0.25) is 5.95 Å². The predicted molar refractivity (Wildman–Crippen MR) is 68.3 cm³/mol. The highest BCUT2D eigenvalue weighted by Crippen LogP contribution is 2.15. The summed E-state index contributed by atoms with van der Waals surface area (Å²) in [5.74, 6) is 0.754. The molecule has 1 unspecified atom stereocenters. The Hall–Kier alpha value is -1.36. The zero-order valence-corrected chi connectivity index (χ0v) is 10.5. The van der Waals surface area contributed by atoms with E-state index in [4.69, 9.17) is 5.73 Å². The minimum atomic E-state index is 0.00555. The van der Waals surface area contributed by atoms with Crippen LogP contribution >= 0.6 is 0 Å². The average molecular weight is 236 g/mol. The van der Waals surface area contributed by atoms with Gasteiger partial charge >= 0.3 is 0 Å². The highest BCUT2D eigenvalue weighted by atomic mass is 16.1. The zero-order chi connectivity index (χ0) is 12.4. The highest BCUT2D eigenvalue weighted by molar-refractivity contribution is 5.33. The van der Waals surface area contributed by atoms with Crippen molar-refractivity contribution in [3.8, 4) is 0 Å². The fraction of sp³-hybridized carbons (Fsp3) is 0.667. The molecule has 0 amide bonds. The van der Waals surface area contributed by atoms with Crippen LogP contribution in [0.2, 0.25) is 0 Å². The quantitative estimate of drug-likeness (QED) is 0.800. The van der Waals surface area contributed by atoms with E-state index >= 15 is 0 Å². The number of aromatic nitrogens is 2. The number of nitrogens with zero attached hydrogens (tertiary/aromatic N) is 3. The molecule has 2 N–H and O–H groups in total. The standard InChI is InChI=1S/C12H20N4O/c1-3-10-7-11(17)15(2)12(14-10)16-6-4-5-9(13)8-16/h7,9H,3-6,8,13H2,1-2H3. The Morgan fingerprint density at radius 3 is 3.00 bits per heavy atom. The van der Waals surface area contributed by atoms with Crippen molar-refractivity contribution >= 4 is 5.95 Å². The van der Waals surface area contributed by atoms with Crippen LogP contribution in [-0.4, -0.2) is 28.7 Å². The Bertz CT molecular complexity index is 454. The lowest BCUT2D eigenvalue weighted by molar-refractivity contribution is 0.492. The Balaban J connectivity index is 2.36. The van der Waals surface area contributed by atoms with Crippen molar-refractivity contribution in [1.29, 1.82) is 0 Å². The van der Waals surface area contributed by atoms with Crippen LogP contribution in [0.4, 0.5) is 5.95 Å². The number of rotatable bonds is 2. The van der Waals surface area contributed by atoms with Crippen LogP contribution in [0.15, 0.2) is 10.9 Å². The second kappa shape index (κ2) is 4.87. The van der Waals surface area contributed by atoms with Gasteiger partial charge in [0.25, 0.3) is 5.56 Å². The van der Waals surface area contributed by atoms with E-state index in [0.29, 0.717) is 0 Å². The lowest BCUT2D eigenvalue weighted by atomic mass is 10.1. The van der Waals surface area contributed by atoms with Crippen LogP contribution in [0.5, 0.6) is 0 Å². The topological polar surface area (TPSA) is 64.2 Å². The third-order valence-electron chi connectivity index (χ3n) is 3.27. The van der Waals surface area contributed by atoms with Gasteiger partial charge in [-0.25, -0.2) is 4.98 Å². The molecule has 5 nitrogen and oxygen atoms in total. The van der Waals surface area contributed by atoms with Gasteiger partial charge in [0.1, 0.15) is 0 Å². The average Bonchev–Trinajstić information content (AvgIpc) is 2.32. The normalized spacial score (nSPS) is 20.6. The minimum Gasteiger partial charge on any atom is -0.341 e. The summed E-state index contributed by atoms with van der Waals surface area (Å²) in [6.07, 6.45) is 2.90. The monoisotopic (exact) mass is 236 g/mol. The van der Waals surface area contributed by atoms with Gasteiger partial charge in [0, 0.05) is 37.9 Å². The minimum absolute atomic E-state index is 0.00555. The van der Waals surface area contributed by atoms with E-state index in [0.717, 1.165) is 44.0 Å². The van der Waals surface area contributed by atoms with E-state index in [-0.39, 0.29) is 11.6 Å². The first-order valence-corrected chi connectivity index (χ1v) is 6.19. The summed E-state index contributed by atoms with van der Waals surface area (Å²) in [7, 11) is 1.77. The van der Waals surface area contributed by atoms with Gasteiger partial charge in [0.15, 0.2) is 0 Å². The molecule has 1 aromatic heterocycles. The maximum Gasteiger partial charge on any atom is 0.254 e. The Kier molecular flexibility index (Phi) is 3.47. The molecule has 1 aromatic rings. The molecular weight excluding hydrogens is 216 g/mol. The van der Waals surface area contributed by atoms with Crippen LogP contribution in [0.3, 0.4) is 0 Å². The van der Waals surface area contributed by atoms with Crippen molar-refractivity contribution in [2.75, 3.05) is 18.0 Å². The molecule has 1 saturated heterocycles. The third kappa shape index (κ3) is 2.49. The third-order valence-corrected chi connectivity index (χ3v) is 3.27. The summed E-state index contributed by atoms with van der Waals surface area (Å²) >= 11 is 0. The second-order valence-electron chi connectivity index (χ2n) is 4.65. The number of hydrogen-bond acceptors (Lipinski definition) is 4. The van der Waals surface area contributed by atoms with Crippen LogP contribution in [-0.2, 0) is 13.5 Å². The summed E-state index contributed by atoms with van der Waals surface area (Å²) in [6, 6.07) is 1.79. The SMILES string of the molecule is CCc1cc(=O)n(C)c(N2CCCC(N)C2)n1.